The van der Waals surface area contributed by atoms with Crippen LogP contribution in [-0.2, 0) is 0 Å². The first-order valence-corrected chi connectivity index (χ1v) is 10.7. The monoisotopic (exact) mass is 349 g/mol. The molecule has 4 aliphatic heterocycles. The molecule has 5 heteroatoms. The number of likely N-dealkylation sites (tertiary alicyclic amines) is 2. The van der Waals surface area contributed by atoms with Gasteiger partial charge in [0.25, 0.3) is 0 Å². The fourth-order valence-corrected chi connectivity index (χ4v) is 5.89. The highest BCUT2D eigenvalue weighted by Gasteiger charge is 2.44. The lowest BCUT2D eigenvalue weighted by Crippen LogP contribution is -2.55. The van der Waals surface area contributed by atoms with E-state index in [1.807, 2.05) is 0 Å². The summed E-state index contributed by atoms with van der Waals surface area (Å²) in [5.41, 5.74) is 0.599. The van der Waals surface area contributed by atoms with E-state index in [4.69, 9.17) is 0 Å². The average molecular weight is 350 g/mol. The molecule has 0 amide bonds. The largest absolute Gasteiger partial charge is 0.316 e. The van der Waals surface area contributed by atoms with Crippen molar-refractivity contribution in [2.45, 2.75) is 44.2 Å². The topological polar surface area (TPSA) is 33.8 Å². The van der Waals surface area contributed by atoms with Crippen LogP contribution in [0.15, 0.2) is 0 Å². The standard InChI is InChI=1S/C20H39N5/c1-23-10-4-18(5-11-23)24(2)14-17-3-8-21-13-19(17)25-12-7-20(16-25)6-9-22-15-20/h17-19,21-22H,3-16H2,1-2H3. The maximum absolute atomic E-state index is 3.70. The van der Waals surface area contributed by atoms with Crippen LogP contribution in [0.4, 0.5) is 0 Å². The number of hydrogen-bond acceptors (Lipinski definition) is 5. The number of rotatable bonds is 4. The van der Waals surface area contributed by atoms with E-state index in [-0.39, 0.29) is 0 Å². The molecule has 0 aromatic heterocycles. The third-order valence-electron chi connectivity index (χ3n) is 7.69. The molecule has 4 heterocycles. The number of nitrogens with zero attached hydrogens (tertiary/aromatic N) is 3. The normalized spacial score (nSPS) is 39.0. The second-order valence-electron chi connectivity index (χ2n) is 9.44. The first kappa shape index (κ1) is 18.2. The lowest BCUT2D eigenvalue weighted by molar-refractivity contribution is 0.0731. The van der Waals surface area contributed by atoms with Gasteiger partial charge in [0.15, 0.2) is 0 Å². The van der Waals surface area contributed by atoms with Crippen LogP contribution in [-0.4, -0.2) is 99.8 Å². The summed E-state index contributed by atoms with van der Waals surface area (Å²) in [6.07, 6.45) is 6.85. The SMILES string of the molecule is CN1CCC(N(C)CC2CCNCC2N2CCC3(CCNC3)C2)CC1. The van der Waals surface area contributed by atoms with Gasteiger partial charge in [-0.15, -0.1) is 0 Å². The molecule has 3 atom stereocenters. The Balaban J connectivity index is 1.34. The van der Waals surface area contributed by atoms with Crippen LogP contribution < -0.4 is 10.6 Å². The van der Waals surface area contributed by atoms with Crippen LogP contribution in [0.5, 0.6) is 0 Å². The predicted molar refractivity (Wildman–Crippen MR) is 104 cm³/mol. The second kappa shape index (κ2) is 7.81. The van der Waals surface area contributed by atoms with E-state index < -0.39 is 0 Å². The molecule has 0 bridgehead atoms. The van der Waals surface area contributed by atoms with Crippen molar-refractivity contribution in [1.29, 1.82) is 0 Å². The minimum Gasteiger partial charge on any atom is -0.316 e. The van der Waals surface area contributed by atoms with Gasteiger partial charge >= 0.3 is 0 Å². The van der Waals surface area contributed by atoms with Crippen LogP contribution in [0, 0.1) is 11.3 Å². The molecule has 0 saturated carbocycles. The smallest absolute Gasteiger partial charge is 0.0261 e. The Kier molecular flexibility index (Phi) is 5.68. The molecule has 4 saturated heterocycles. The van der Waals surface area contributed by atoms with Crippen molar-refractivity contribution in [3.05, 3.63) is 0 Å². The minimum absolute atomic E-state index is 0.599. The first-order chi connectivity index (χ1) is 12.2. The molecule has 3 unspecified atom stereocenters. The molecule has 4 rings (SSSR count). The lowest BCUT2D eigenvalue weighted by atomic mass is 9.86. The van der Waals surface area contributed by atoms with Crippen LogP contribution in [0.1, 0.15) is 32.1 Å². The quantitative estimate of drug-likeness (QED) is 0.780. The summed E-state index contributed by atoms with van der Waals surface area (Å²) in [4.78, 5) is 8.04. The summed E-state index contributed by atoms with van der Waals surface area (Å²) in [6, 6.07) is 1.55. The Labute approximate surface area is 154 Å². The van der Waals surface area contributed by atoms with Crippen molar-refractivity contribution in [2.24, 2.45) is 11.3 Å². The number of hydrogen-bond donors (Lipinski definition) is 2. The van der Waals surface area contributed by atoms with Gasteiger partial charge < -0.3 is 20.4 Å². The zero-order chi connectivity index (χ0) is 17.3. The molecule has 0 aliphatic carbocycles. The molecule has 0 aromatic rings. The first-order valence-electron chi connectivity index (χ1n) is 10.7. The van der Waals surface area contributed by atoms with Crippen molar-refractivity contribution in [3.63, 3.8) is 0 Å². The molecule has 5 nitrogen and oxygen atoms in total. The third kappa shape index (κ3) is 4.06. The number of nitrogens with one attached hydrogen (secondary N) is 2. The zero-order valence-corrected chi connectivity index (χ0v) is 16.5. The predicted octanol–water partition coefficient (Wildman–Crippen LogP) is 0.676. The summed E-state index contributed by atoms with van der Waals surface area (Å²) in [7, 11) is 4.65. The molecule has 25 heavy (non-hydrogen) atoms. The van der Waals surface area contributed by atoms with Crippen molar-refractivity contribution >= 4 is 0 Å². The Morgan fingerprint density at radius 3 is 2.64 bits per heavy atom. The summed E-state index contributed by atoms with van der Waals surface area (Å²) in [5.74, 6) is 0.843. The summed E-state index contributed by atoms with van der Waals surface area (Å²) < 4.78 is 0. The van der Waals surface area contributed by atoms with Crippen molar-refractivity contribution in [2.75, 3.05) is 73.0 Å². The van der Waals surface area contributed by atoms with Gasteiger partial charge in [-0.3, -0.25) is 4.90 Å². The second-order valence-corrected chi connectivity index (χ2v) is 9.44. The van der Waals surface area contributed by atoms with Gasteiger partial charge in [-0.1, -0.05) is 0 Å². The maximum atomic E-state index is 3.70. The molecule has 1 spiro atoms. The van der Waals surface area contributed by atoms with Crippen molar-refractivity contribution in [1.82, 2.24) is 25.3 Å². The van der Waals surface area contributed by atoms with E-state index in [1.165, 1.54) is 91.0 Å². The Morgan fingerprint density at radius 2 is 1.88 bits per heavy atom. The number of piperidine rings is 2. The van der Waals surface area contributed by atoms with E-state index in [9.17, 15) is 0 Å². The van der Waals surface area contributed by atoms with E-state index in [2.05, 4.69) is 39.4 Å². The van der Waals surface area contributed by atoms with Gasteiger partial charge in [-0.05, 0) is 90.3 Å². The molecule has 144 valence electrons. The van der Waals surface area contributed by atoms with Gasteiger partial charge in [0.1, 0.15) is 0 Å². The van der Waals surface area contributed by atoms with Crippen molar-refractivity contribution < 1.29 is 0 Å². The summed E-state index contributed by atoms with van der Waals surface area (Å²) in [6.45, 7) is 11.4. The highest BCUT2D eigenvalue weighted by atomic mass is 15.2. The van der Waals surface area contributed by atoms with Crippen molar-refractivity contribution in [3.8, 4) is 0 Å². The van der Waals surface area contributed by atoms with Crippen LogP contribution >= 0.6 is 0 Å². The van der Waals surface area contributed by atoms with Gasteiger partial charge in [0, 0.05) is 38.3 Å². The summed E-state index contributed by atoms with van der Waals surface area (Å²) >= 11 is 0. The zero-order valence-electron chi connectivity index (χ0n) is 16.5. The van der Waals surface area contributed by atoms with Crippen LogP contribution in [0.2, 0.25) is 0 Å². The van der Waals surface area contributed by atoms with Gasteiger partial charge in [-0.25, -0.2) is 0 Å². The van der Waals surface area contributed by atoms with E-state index in [0.29, 0.717) is 5.41 Å². The Bertz CT molecular complexity index is 428. The molecule has 2 N–H and O–H groups in total. The van der Waals surface area contributed by atoms with Crippen LogP contribution in [0.3, 0.4) is 0 Å². The highest BCUT2D eigenvalue weighted by molar-refractivity contribution is 5.00. The fraction of sp³-hybridized carbons (Fsp3) is 1.00. The Hall–Kier alpha value is -0.200. The molecule has 0 aromatic carbocycles. The molecular weight excluding hydrogens is 310 g/mol. The van der Waals surface area contributed by atoms with E-state index >= 15 is 0 Å². The van der Waals surface area contributed by atoms with Gasteiger partial charge in [-0.2, -0.15) is 0 Å². The minimum atomic E-state index is 0.599. The van der Waals surface area contributed by atoms with Gasteiger partial charge in [0.05, 0.1) is 0 Å². The lowest BCUT2D eigenvalue weighted by Gasteiger charge is -2.43. The maximum Gasteiger partial charge on any atom is 0.0261 e. The molecule has 0 radical (unpaired) electrons. The van der Waals surface area contributed by atoms with Gasteiger partial charge in [0.2, 0.25) is 0 Å². The fourth-order valence-electron chi connectivity index (χ4n) is 5.89. The van der Waals surface area contributed by atoms with Crippen LogP contribution in [0.25, 0.3) is 0 Å². The Morgan fingerprint density at radius 1 is 1.04 bits per heavy atom. The van der Waals surface area contributed by atoms with E-state index in [0.717, 1.165) is 18.0 Å². The average Bonchev–Trinajstić information content (AvgIpc) is 3.26. The molecule has 4 aliphatic rings. The molecule has 4 fully saturated rings. The van der Waals surface area contributed by atoms with E-state index in [1.54, 1.807) is 0 Å². The highest BCUT2D eigenvalue weighted by Crippen LogP contribution is 2.38. The third-order valence-corrected chi connectivity index (χ3v) is 7.69. The molecular formula is C20H39N5. The summed E-state index contributed by atoms with van der Waals surface area (Å²) in [5, 5.41) is 7.31.